The molecule has 22 heavy (non-hydrogen) atoms. The van der Waals surface area contributed by atoms with Crippen LogP contribution in [0.25, 0.3) is 0 Å². The molecule has 0 aromatic carbocycles. The molecule has 2 fully saturated rings. The van der Waals surface area contributed by atoms with Crippen LogP contribution in [0.3, 0.4) is 0 Å². The Morgan fingerprint density at radius 1 is 1.32 bits per heavy atom. The van der Waals surface area contributed by atoms with Crippen LogP contribution in [0.1, 0.15) is 28.2 Å². The Hall–Kier alpha value is -1.89. The molecule has 7 heteroatoms. The van der Waals surface area contributed by atoms with Gasteiger partial charge in [0.25, 0.3) is 5.91 Å². The summed E-state index contributed by atoms with van der Waals surface area (Å²) < 4.78 is 10.8. The SMILES string of the molecule is Cc1noc(C)c1C(=O)N1C[C@H](C(=O)N(C)C)[C@H]2OCC[C@@H]21. The lowest BCUT2D eigenvalue weighted by atomic mass is 10.0. The zero-order valence-electron chi connectivity index (χ0n) is 13.3. The van der Waals surface area contributed by atoms with E-state index in [1.807, 2.05) is 0 Å². The van der Waals surface area contributed by atoms with Crippen LogP contribution in [0.15, 0.2) is 4.52 Å². The number of rotatable bonds is 2. The maximum Gasteiger partial charge on any atom is 0.259 e. The predicted octanol–water partition coefficient (Wildman–Crippen LogP) is 0.609. The monoisotopic (exact) mass is 307 g/mol. The van der Waals surface area contributed by atoms with Crippen molar-refractivity contribution in [1.82, 2.24) is 15.0 Å². The Balaban J connectivity index is 1.89. The van der Waals surface area contributed by atoms with Gasteiger partial charge in [-0.15, -0.1) is 0 Å². The van der Waals surface area contributed by atoms with Crippen LogP contribution in [0, 0.1) is 19.8 Å². The minimum Gasteiger partial charge on any atom is -0.375 e. The standard InChI is InChI=1S/C15H21N3O4/c1-8-12(9(2)22-16-8)15(20)18-7-10(14(19)17(3)4)13-11(18)5-6-21-13/h10-11,13H,5-7H2,1-4H3/t10-,11-,13+/m0/s1. The molecule has 3 rings (SSSR count). The fraction of sp³-hybridized carbons (Fsp3) is 0.667. The van der Waals surface area contributed by atoms with E-state index in [1.165, 1.54) is 0 Å². The number of ether oxygens (including phenoxy) is 1. The molecule has 1 aromatic rings. The first-order valence-electron chi connectivity index (χ1n) is 7.48. The Bertz CT molecular complexity index is 590. The molecule has 0 spiro atoms. The lowest BCUT2D eigenvalue weighted by Gasteiger charge is -2.22. The van der Waals surface area contributed by atoms with Gasteiger partial charge in [-0.25, -0.2) is 0 Å². The van der Waals surface area contributed by atoms with Crippen LogP contribution in [-0.4, -0.2) is 66.2 Å². The first kappa shape index (κ1) is 15.0. The summed E-state index contributed by atoms with van der Waals surface area (Å²) in [6.07, 6.45) is 0.552. The molecule has 0 aliphatic carbocycles. The number of aryl methyl sites for hydroxylation is 2. The number of hydrogen-bond acceptors (Lipinski definition) is 5. The Labute approximate surface area is 129 Å². The topological polar surface area (TPSA) is 75.9 Å². The fourth-order valence-electron chi connectivity index (χ4n) is 3.48. The van der Waals surface area contributed by atoms with Gasteiger partial charge >= 0.3 is 0 Å². The van der Waals surface area contributed by atoms with Crippen molar-refractivity contribution in [2.24, 2.45) is 5.92 Å². The summed E-state index contributed by atoms with van der Waals surface area (Å²) >= 11 is 0. The molecule has 0 unspecified atom stereocenters. The van der Waals surface area contributed by atoms with Crippen molar-refractivity contribution in [2.45, 2.75) is 32.4 Å². The highest BCUT2D eigenvalue weighted by atomic mass is 16.5. The number of aromatic nitrogens is 1. The minimum absolute atomic E-state index is 0.00552. The van der Waals surface area contributed by atoms with Crippen LogP contribution in [0.5, 0.6) is 0 Å². The van der Waals surface area contributed by atoms with Gasteiger partial charge in [0.1, 0.15) is 11.3 Å². The number of likely N-dealkylation sites (tertiary alicyclic amines) is 1. The molecule has 0 radical (unpaired) electrons. The minimum atomic E-state index is -0.299. The molecule has 120 valence electrons. The number of carbonyl (C=O) groups excluding carboxylic acids is 2. The van der Waals surface area contributed by atoms with Crippen molar-refractivity contribution in [1.29, 1.82) is 0 Å². The van der Waals surface area contributed by atoms with Gasteiger partial charge in [0.15, 0.2) is 0 Å². The van der Waals surface area contributed by atoms with Crippen molar-refractivity contribution in [2.75, 3.05) is 27.2 Å². The lowest BCUT2D eigenvalue weighted by molar-refractivity contribution is -0.135. The van der Waals surface area contributed by atoms with Crippen LogP contribution in [-0.2, 0) is 9.53 Å². The van der Waals surface area contributed by atoms with E-state index in [-0.39, 0.29) is 29.9 Å². The van der Waals surface area contributed by atoms with E-state index in [9.17, 15) is 9.59 Å². The summed E-state index contributed by atoms with van der Waals surface area (Å²) in [5.74, 6) is 0.101. The Morgan fingerprint density at radius 3 is 2.64 bits per heavy atom. The van der Waals surface area contributed by atoms with E-state index in [0.29, 0.717) is 30.2 Å². The third-order valence-corrected chi connectivity index (χ3v) is 4.56. The molecule has 3 atom stereocenters. The molecule has 3 heterocycles. The van der Waals surface area contributed by atoms with Crippen molar-refractivity contribution in [3.63, 3.8) is 0 Å². The highest BCUT2D eigenvalue weighted by Crippen LogP contribution is 2.35. The number of nitrogens with zero attached hydrogens (tertiary/aromatic N) is 3. The molecule has 2 amide bonds. The largest absolute Gasteiger partial charge is 0.375 e. The molecule has 0 saturated carbocycles. The van der Waals surface area contributed by atoms with Gasteiger partial charge in [0.05, 0.1) is 23.8 Å². The van der Waals surface area contributed by atoms with Crippen molar-refractivity contribution in [3.05, 3.63) is 17.0 Å². The average molecular weight is 307 g/mol. The van der Waals surface area contributed by atoms with Crippen LogP contribution >= 0.6 is 0 Å². The second-order valence-corrected chi connectivity index (χ2v) is 6.19. The molecule has 0 N–H and O–H groups in total. The first-order chi connectivity index (χ1) is 10.4. The van der Waals surface area contributed by atoms with E-state index >= 15 is 0 Å². The van der Waals surface area contributed by atoms with Crippen LogP contribution < -0.4 is 0 Å². The van der Waals surface area contributed by atoms with Crippen LogP contribution in [0.4, 0.5) is 0 Å². The van der Waals surface area contributed by atoms with Gasteiger partial charge in [0, 0.05) is 27.2 Å². The van der Waals surface area contributed by atoms with Gasteiger partial charge < -0.3 is 19.1 Å². The van der Waals surface area contributed by atoms with Gasteiger partial charge in [-0.3, -0.25) is 9.59 Å². The molecule has 2 aliphatic heterocycles. The maximum atomic E-state index is 12.9. The smallest absolute Gasteiger partial charge is 0.259 e. The molecule has 7 nitrogen and oxygen atoms in total. The summed E-state index contributed by atoms with van der Waals surface area (Å²) in [6, 6.07) is -0.0462. The second-order valence-electron chi connectivity index (χ2n) is 6.19. The van der Waals surface area contributed by atoms with Crippen molar-refractivity contribution >= 4 is 11.8 Å². The molecule has 2 aliphatic rings. The fourth-order valence-corrected chi connectivity index (χ4v) is 3.48. The average Bonchev–Trinajstić information content (AvgIpc) is 3.13. The van der Waals surface area contributed by atoms with Crippen LogP contribution in [0.2, 0.25) is 0 Å². The second kappa shape index (κ2) is 5.39. The Kier molecular flexibility index (Phi) is 3.68. The zero-order chi connectivity index (χ0) is 16.0. The summed E-state index contributed by atoms with van der Waals surface area (Å²) in [5.41, 5.74) is 1.09. The van der Waals surface area contributed by atoms with Gasteiger partial charge in [-0.05, 0) is 20.3 Å². The predicted molar refractivity (Wildman–Crippen MR) is 77.3 cm³/mol. The van der Waals surface area contributed by atoms with E-state index < -0.39 is 0 Å². The molecule has 0 bridgehead atoms. The third kappa shape index (κ3) is 2.20. The van der Waals surface area contributed by atoms with Gasteiger partial charge in [0.2, 0.25) is 5.91 Å². The zero-order valence-corrected chi connectivity index (χ0v) is 13.3. The van der Waals surface area contributed by atoms with E-state index in [0.717, 1.165) is 6.42 Å². The molecular formula is C15H21N3O4. The number of hydrogen-bond donors (Lipinski definition) is 0. The van der Waals surface area contributed by atoms with E-state index in [1.54, 1.807) is 37.7 Å². The van der Waals surface area contributed by atoms with Crippen molar-refractivity contribution in [3.8, 4) is 0 Å². The molecule has 1 aromatic heterocycles. The highest BCUT2D eigenvalue weighted by molar-refractivity contribution is 5.97. The summed E-state index contributed by atoms with van der Waals surface area (Å²) in [4.78, 5) is 28.6. The maximum absolute atomic E-state index is 12.9. The summed E-state index contributed by atoms with van der Waals surface area (Å²) in [6.45, 7) is 4.45. The molecule has 2 saturated heterocycles. The van der Waals surface area contributed by atoms with Gasteiger partial charge in [-0.1, -0.05) is 5.16 Å². The quantitative estimate of drug-likeness (QED) is 0.800. The lowest BCUT2D eigenvalue weighted by Crippen LogP contribution is -2.37. The van der Waals surface area contributed by atoms with E-state index in [4.69, 9.17) is 9.26 Å². The Morgan fingerprint density at radius 2 is 2.05 bits per heavy atom. The van der Waals surface area contributed by atoms with E-state index in [2.05, 4.69) is 5.16 Å². The number of amides is 2. The van der Waals surface area contributed by atoms with Gasteiger partial charge in [-0.2, -0.15) is 0 Å². The summed E-state index contributed by atoms with van der Waals surface area (Å²) in [5, 5.41) is 3.85. The third-order valence-electron chi connectivity index (χ3n) is 4.56. The summed E-state index contributed by atoms with van der Waals surface area (Å²) in [7, 11) is 3.45. The van der Waals surface area contributed by atoms with Crippen molar-refractivity contribution < 1.29 is 18.8 Å². The highest BCUT2D eigenvalue weighted by Gasteiger charge is 2.51. The molecular weight excluding hydrogens is 286 g/mol. The number of fused-ring (bicyclic) bond motifs is 1. The normalized spacial score (nSPS) is 27.1. The number of carbonyl (C=O) groups is 2. The first-order valence-corrected chi connectivity index (χ1v) is 7.48.